The molecule has 0 aliphatic heterocycles. The fourth-order valence-electron chi connectivity index (χ4n) is 1.40. The van der Waals surface area contributed by atoms with Crippen LogP contribution in [0.15, 0.2) is 34.8 Å². The van der Waals surface area contributed by atoms with Gasteiger partial charge in [-0.3, -0.25) is 5.10 Å². The number of benzene rings is 1. The average Bonchev–Trinajstić information content (AvgIpc) is 2.68. The Labute approximate surface area is 97.8 Å². The molecule has 0 saturated heterocycles. The van der Waals surface area contributed by atoms with Crippen LogP contribution in [0.4, 0.5) is 0 Å². The molecule has 0 aliphatic carbocycles. The number of halogens is 1. The summed E-state index contributed by atoms with van der Waals surface area (Å²) in [7, 11) is 0. The third-order valence-corrected chi connectivity index (χ3v) is 2.89. The van der Waals surface area contributed by atoms with Gasteiger partial charge < -0.3 is 0 Å². The third kappa shape index (κ3) is 2.29. The van der Waals surface area contributed by atoms with E-state index in [1.807, 2.05) is 12.1 Å². The third-order valence-electron chi connectivity index (χ3n) is 2.36. The second kappa shape index (κ2) is 4.19. The van der Waals surface area contributed by atoms with Crippen LogP contribution in [-0.4, -0.2) is 10.2 Å². The zero-order valence-corrected chi connectivity index (χ0v) is 10.4. The van der Waals surface area contributed by atoms with Crippen molar-refractivity contribution in [2.24, 2.45) is 0 Å². The molecule has 15 heavy (non-hydrogen) atoms. The van der Waals surface area contributed by atoms with Crippen LogP contribution < -0.4 is 0 Å². The lowest BCUT2D eigenvalue weighted by Crippen LogP contribution is -1.85. The number of nitrogens with one attached hydrogen (secondary N) is 1. The molecule has 2 rings (SSSR count). The Morgan fingerprint density at radius 2 is 1.87 bits per heavy atom. The van der Waals surface area contributed by atoms with E-state index in [4.69, 9.17) is 0 Å². The van der Waals surface area contributed by atoms with Crippen LogP contribution in [0.25, 0.3) is 11.3 Å². The molecule has 2 nitrogen and oxygen atoms in total. The number of aromatic amines is 1. The van der Waals surface area contributed by atoms with Gasteiger partial charge in [0.1, 0.15) is 0 Å². The first-order valence-electron chi connectivity index (χ1n) is 4.98. The van der Waals surface area contributed by atoms with E-state index < -0.39 is 0 Å². The SMILES string of the molecule is CC(C)c1cc(-c2ccc(Br)cc2)n[nH]1. The summed E-state index contributed by atoms with van der Waals surface area (Å²) in [6, 6.07) is 10.3. The summed E-state index contributed by atoms with van der Waals surface area (Å²) in [6.45, 7) is 4.30. The fourth-order valence-corrected chi connectivity index (χ4v) is 1.67. The highest BCUT2D eigenvalue weighted by atomic mass is 79.9. The van der Waals surface area contributed by atoms with Crippen molar-refractivity contribution in [1.82, 2.24) is 10.2 Å². The molecule has 0 atom stereocenters. The Balaban J connectivity index is 2.33. The van der Waals surface area contributed by atoms with E-state index in [9.17, 15) is 0 Å². The first-order chi connectivity index (χ1) is 7.16. The molecule has 0 radical (unpaired) electrons. The Hall–Kier alpha value is -1.09. The Morgan fingerprint density at radius 3 is 2.40 bits per heavy atom. The van der Waals surface area contributed by atoms with E-state index in [1.165, 1.54) is 5.69 Å². The van der Waals surface area contributed by atoms with Gasteiger partial charge in [0.15, 0.2) is 0 Å². The largest absolute Gasteiger partial charge is 0.282 e. The van der Waals surface area contributed by atoms with Crippen LogP contribution in [0.2, 0.25) is 0 Å². The van der Waals surface area contributed by atoms with Crippen LogP contribution >= 0.6 is 15.9 Å². The molecule has 3 heteroatoms. The molecule has 0 aliphatic rings. The van der Waals surface area contributed by atoms with Crippen LogP contribution in [0, 0.1) is 0 Å². The molecule has 0 unspecified atom stereocenters. The molecular formula is C12H13BrN2. The van der Waals surface area contributed by atoms with E-state index in [0.29, 0.717) is 5.92 Å². The first-order valence-corrected chi connectivity index (χ1v) is 5.77. The van der Waals surface area contributed by atoms with Crippen molar-refractivity contribution >= 4 is 15.9 Å². The van der Waals surface area contributed by atoms with E-state index in [2.05, 4.69) is 58.2 Å². The smallest absolute Gasteiger partial charge is 0.0923 e. The molecule has 1 N–H and O–H groups in total. The van der Waals surface area contributed by atoms with Gasteiger partial charge in [0.25, 0.3) is 0 Å². The summed E-state index contributed by atoms with van der Waals surface area (Å²) in [6.07, 6.45) is 0. The maximum absolute atomic E-state index is 4.30. The summed E-state index contributed by atoms with van der Waals surface area (Å²) in [5.41, 5.74) is 3.32. The van der Waals surface area contributed by atoms with Crippen molar-refractivity contribution in [2.45, 2.75) is 19.8 Å². The predicted molar refractivity (Wildman–Crippen MR) is 65.8 cm³/mol. The quantitative estimate of drug-likeness (QED) is 0.874. The molecule has 1 heterocycles. The lowest BCUT2D eigenvalue weighted by atomic mass is 10.1. The van der Waals surface area contributed by atoms with E-state index in [0.717, 1.165) is 15.7 Å². The van der Waals surface area contributed by atoms with Crippen LogP contribution in [0.1, 0.15) is 25.5 Å². The summed E-state index contributed by atoms with van der Waals surface area (Å²) >= 11 is 3.42. The minimum atomic E-state index is 0.488. The molecule has 0 amide bonds. The van der Waals surface area contributed by atoms with Gasteiger partial charge in [0.2, 0.25) is 0 Å². The minimum absolute atomic E-state index is 0.488. The van der Waals surface area contributed by atoms with Crippen molar-refractivity contribution in [1.29, 1.82) is 0 Å². The van der Waals surface area contributed by atoms with Gasteiger partial charge in [-0.1, -0.05) is 41.9 Å². The summed E-state index contributed by atoms with van der Waals surface area (Å²) < 4.78 is 1.09. The van der Waals surface area contributed by atoms with Crippen LogP contribution in [-0.2, 0) is 0 Å². The zero-order chi connectivity index (χ0) is 10.8. The first kappa shape index (κ1) is 10.4. The number of hydrogen-bond donors (Lipinski definition) is 1. The predicted octanol–water partition coefficient (Wildman–Crippen LogP) is 3.96. The van der Waals surface area contributed by atoms with Gasteiger partial charge in [0, 0.05) is 15.7 Å². The number of rotatable bonds is 2. The Bertz CT molecular complexity index is 443. The normalized spacial score (nSPS) is 10.9. The Morgan fingerprint density at radius 1 is 1.20 bits per heavy atom. The van der Waals surface area contributed by atoms with Gasteiger partial charge in [-0.05, 0) is 24.1 Å². The number of hydrogen-bond acceptors (Lipinski definition) is 1. The number of H-pyrrole nitrogens is 1. The summed E-state index contributed by atoms with van der Waals surface area (Å²) in [5.74, 6) is 0.488. The van der Waals surface area contributed by atoms with E-state index in [-0.39, 0.29) is 0 Å². The molecule has 1 aromatic heterocycles. The molecule has 0 fully saturated rings. The van der Waals surface area contributed by atoms with Gasteiger partial charge in [-0.25, -0.2) is 0 Å². The van der Waals surface area contributed by atoms with Crippen molar-refractivity contribution in [3.63, 3.8) is 0 Å². The Kier molecular flexibility index (Phi) is 2.91. The van der Waals surface area contributed by atoms with Gasteiger partial charge in [-0.15, -0.1) is 0 Å². The standard InChI is InChI=1S/C12H13BrN2/c1-8(2)11-7-12(15-14-11)9-3-5-10(13)6-4-9/h3-8H,1-2H3,(H,14,15). The highest BCUT2D eigenvalue weighted by Gasteiger charge is 2.05. The summed E-state index contributed by atoms with van der Waals surface area (Å²) in [4.78, 5) is 0. The molecular weight excluding hydrogens is 252 g/mol. The van der Waals surface area contributed by atoms with Gasteiger partial charge in [0.05, 0.1) is 5.69 Å². The lowest BCUT2D eigenvalue weighted by molar-refractivity contribution is 0.811. The highest BCUT2D eigenvalue weighted by Crippen LogP contribution is 2.22. The number of nitrogens with zero attached hydrogens (tertiary/aromatic N) is 1. The maximum Gasteiger partial charge on any atom is 0.0923 e. The van der Waals surface area contributed by atoms with Crippen molar-refractivity contribution < 1.29 is 0 Å². The van der Waals surface area contributed by atoms with Gasteiger partial charge in [-0.2, -0.15) is 5.10 Å². The second-order valence-electron chi connectivity index (χ2n) is 3.87. The summed E-state index contributed by atoms with van der Waals surface area (Å²) in [5, 5.41) is 7.35. The topological polar surface area (TPSA) is 28.7 Å². The van der Waals surface area contributed by atoms with Crippen molar-refractivity contribution in [3.8, 4) is 11.3 Å². The molecule has 0 saturated carbocycles. The average molecular weight is 265 g/mol. The minimum Gasteiger partial charge on any atom is -0.282 e. The molecule has 0 spiro atoms. The van der Waals surface area contributed by atoms with Crippen LogP contribution in [0.5, 0.6) is 0 Å². The second-order valence-corrected chi connectivity index (χ2v) is 4.79. The monoisotopic (exact) mass is 264 g/mol. The highest BCUT2D eigenvalue weighted by molar-refractivity contribution is 9.10. The number of aromatic nitrogens is 2. The van der Waals surface area contributed by atoms with Crippen molar-refractivity contribution in [2.75, 3.05) is 0 Å². The molecule has 2 aromatic rings. The molecule has 0 bridgehead atoms. The lowest BCUT2D eigenvalue weighted by Gasteiger charge is -1.97. The van der Waals surface area contributed by atoms with Crippen molar-refractivity contribution in [3.05, 3.63) is 40.5 Å². The zero-order valence-electron chi connectivity index (χ0n) is 8.79. The van der Waals surface area contributed by atoms with E-state index >= 15 is 0 Å². The molecule has 1 aromatic carbocycles. The molecule has 78 valence electrons. The van der Waals surface area contributed by atoms with E-state index in [1.54, 1.807) is 0 Å². The van der Waals surface area contributed by atoms with Crippen LogP contribution in [0.3, 0.4) is 0 Å². The fraction of sp³-hybridized carbons (Fsp3) is 0.250. The van der Waals surface area contributed by atoms with Gasteiger partial charge >= 0.3 is 0 Å². The maximum atomic E-state index is 4.30.